The van der Waals surface area contributed by atoms with E-state index < -0.39 is 11.9 Å². The molecule has 0 saturated heterocycles. The molecule has 1 aliphatic rings. The number of fused-ring (bicyclic) bond motifs is 3. The first-order valence-corrected chi connectivity index (χ1v) is 11.8. The van der Waals surface area contributed by atoms with Crippen LogP contribution in [0.5, 0.6) is 0 Å². The highest BCUT2D eigenvalue weighted by molar-refractivity contribution is 6.31. The van der Waals surface area contributed by atoms with E-state index in [0.29, 0.717) is 22.8 Å². The number of carbonyl (C=O) groups excluding carboxylic acids is 1. The molecule has 3 aromatic carbocycles. The van der Waals surface area contributed by atoms with E-state index in [4.69, 9.17) is 23.2 Å². The van der Waals surface area contributed by atoms with Crippen molar-refractivity contribution in [2.24, 2.45) is 0 Å². The maximum absolute atomic E-state index is 15.2. The first kappa shape index (κ1) is 22.6. The molecular formula is C27H22Cl2FN3O. The lowest BCUT2D eigenvalue weighted by molar-refractivity contribution is 0.111. The summed E-state index contributed by atoms with van der Waals surface area (Å²) in [5, 5.41) is 8.56. The number of aromatic nitrogens is 2. The summed E-state index contributed by atoms with van der Waals surface area (Å²) in [6, 6.07) is 18.3. The third-order valence-electron chi connectivity index (χ3n) is 6.18. The second kappa shape index (κ2) is 8.90. The van der Waals surface area contributed by atoms with Crippen molar-refractivity contribution in [1.82, 2.24) is 9.78 Å². The molecule has 2 heterocycles. The largest absolute Gasteiger partial charge is 0.371 e. The van der Waals surface area contributed by atoms with Crippen molar-refractivity contribution in [2.45, 2.75) is 32.4 Å². The molecule has 1 aromatic heterocycles. The molecule has 0 spiro atoms. The lowest BCUT2D eigenvalue weighted by Crippen LogP contribution is -2.22. The normalized spacial score (nSPS) is 14.5. The Morgan fingerprint density at radius 1 is 1.09 bits per heavy atom. The van der Waals surface area contributed by atoms with Gasteiger partial charge < -0.3 is 5.32 Å². The molecule has 4 nitrogen and oxygen atoms in total. The Morgan fingerprint density at radius 3 is 2.56 bits per heavy atom. The molecule has 0 saturated carbocycles. The standard InChI is InChI=1S/C27H22Cl2FN3O/c1-15(2)27-23(22(14-34)32-33(27)13-16-6-4-3-5-7-16)25-18-9-8-17(28)12-20(18)19-10-11-21(29)24(30)26(19)31-25/h3-12,14-15,25,31H,13H2,1-2H3. The first-order valence-electron chi connectivity index (χ1n) is 11.0. The quantitative estimate of drug-likeness (QED) is 0.293. The minimum Gasteiger partial charge on any atom is -0.371 e. The summed E-state index contributed by atoms with van der Waals surface area (Å²) >= 11 is 12.4. The maximum Gasteiger partial charge on any atom is 0.170 e. The number of anilines is 1. The van der Waals surface area contributed by atoms with Gasteiger partial charge in [0.25, 0.3) is 0 Å². The smallest absolute Gasteiger partial charge is 0.170 e. The van der Waals surface area contributed by atoms with Gasteiger partial charge in [0.05, 0.1) is 23.3 Å². The first-order chi connectivity index (χ1) is 16.4. The van der Waals surface area contributed by atoms with Crippen LogP contribution in [0, 0.1) is 5.82 Å². The average Bonchev–Trinajstić information content (AvgIpc) is 3.19. The van der Waals surface area contributed by atoms with Crippen LogP contribution in [0.1, 0.15) is 58.7 Å². The molecule has 0 radical (unpaired) electrons. The predicted molar refractivity (Wildman–Crippen MR) is 135 cm³/mol. The Kier molecular flexibility index (Phi) is 5.92. The van der Waals surface area contributed by atoms with Crippen LogP contribution in [-0.2, 0) is 6.54 Å². The molecule has 0 bridgehead atoms. The van der Waals surface area contributed by atoms with E-state index in [-0.39, 0.29) is 16.6 Å². The van der Waals surface area contributed by atoms with E-state index in [1.54, 1.807) is 12.1 Å². The molecule has 4 aromatic rings. The van der Waals surface area contributed by atoms with Crippen LogP contribution in [0.15, 0.2) is 60.7 Å². The van der Waals surface area contributed by atoms with Crippen molar-refractivity contribution in [3.8, 4) is 11.1 Å². The number of rotatable bonds is 5. The van der Waals surface area contributed by atoms with E-state index >= 15 is 4.39 Å². The number of benzene rings is 3. The van der Waals surface area contributed by atoms with Crippen LogP contribution in [0.25, 0.3) is 11.1 Å². The molecule has 1 atom stereocenters. The zero-order valence-electron chi connectivity index (χ0n) is 18.6. The molecule has 0 amide bonds. The van der Waals surface area contributed by atoms with Crippen molar-refractivity contribution in [3.05, 3.63) is 105 Å². The molecule has 0 fully saturated rings. The minimum atomic E-state index is -0.537. The Labute approximate surface area is 207 Å². The second-order valence-electron chi connectivity index (χ2n) is 8.69. The van der Waals surface area contributed by atoms with Crippen LogP contribution in [0.2, 0.25) is 10.0 Å². The number of aldehydes is 1. The van der Waals surface area contributed by atoms with Crippen molar-refractivity contribution in [1.29, 1.82) is 0 Å². The zero-order chi connectivity index (χ0) is 24.0. The van der Waals surface area contributed by atoms with Crippen molar-refractivity contribution in [2.75, 3.05) is 5.32 Å². The van der Waals surface area contributed by atoms with Gasteiger partial charge in [-0.05, 0) is 40.8 Å². The highest BCUT2D eigenvalue weighted by Crippen LogP contribution is 2.48. The summed E-state index contributed by atoms with van der Waals surface area (Å²) < 4.78 is 17.1. The Morgan fingerprint density at radius 2 is 1.85 bits per heavy atom. The molecule has 34 heavy (non-hydrogen) atoms. The third kappa shape index (κ3) is 3.79. The molecule has 1 N–H and O–H groups in total. The molecule has 5 rings (SSSR count). The van der Waals surface area contributed by atoms with E-state index in [1.807, 2.05) is 47.1 Å². The SMILES string of the molecule is CC(C)c1c(C2Nc3c(ccc(Cl)c3F)-c3cc(Cl)ccc32)c(C=O)nn1Cc1ccccc1. The number of nitrogens with one attached hydrogen (secondary N) is 1. The zero-order valence-corrected chi connectivity index (χ0v) is 20.2. The number of hydrogen-bond donors (Lipinski definition) is 1. The lowest BCUT2D eigenvalue weighted by atomic mass is 9.84. The van der Waals surface area contributed by atoms with Gasteiger partial charge in [0.2, 0.25) is 0 Å². The second-order valence-corrected chi connectivity index (χ2v) is 9.54. The summed E-state index contributed by atoms with van der Waals surface area (Å²) in [5.74, 6) is -0.478. The van der Waals surface area contributed by atoms with Gasteiger partial charge >= 0.3 is 0 Å². The van der Waals surface area contributed by atoms with Crippen molar-refractivity contribution < 1.29 is 9.18 Å². The highest BCUT2D eigenvalue weighted by atomic mass is 35.5. The van der Waals surface area contributed by atoms with Gasteiger partial charge in [0.1, 0.15) is 5.69 Å². The fourth-order valence-corrected chi connectivity index (χ4v) is 5.09. The van der Waals surface area contributed by atoms with Crippen LogP contribution < -0.4 is 5.32 Å². The number of carbonyl (C=O) groups is 1. The molecule has 172 valence electrons. The van der Waals surface area contributed by atoms with E-state index in [0.717, 1.165) is 34.2 Å². The number of nitrogens with zero attached hydrogens (tertiary/aromatic N) is 2. The molecular weight excluding hydrogens is 472 g/mol. The summed E-state index contributed by atoms with van der Waals surface area (Å²) in [6.45, 7) is 4.65. The van der Waals surface area contributed by atoms with E-state index in [1.165, 1.54) is 6.07 Å². The topological polar surface area (TPSA) is 46.9 Å². The fourth-order valence-electron chi connectivity index (χ4n) is 4.76. The fraction of sp³-hybridized carbons (Fsp3) is 0.185. The van der Waals surface area contributed by atoms with Gasteiger partial charge in [0.15, 0.2) is 12.1 Å². The average molecular weight is 494 g/mol. The van der Waals surface area contributed by atoms with Crippen molar-refractivity contribution in [3.63, 3.8) is 0 Å². The van der Waals surface area contributed by atoms with Gasteiger partial charge in [-0.25, -0.2) is 4.39 Å². The summed E-state index contributed by atoms with van der Waals surface area (Å²) in [5.41, 5.74) is 5.68. The minimum absolute atomic E-state index is 0.0231. The van der Waals surface area contributed by atoms with Gasteiger partial charge in [-0.15, -0.1) is 0 Å². The summed E-state index contributed by atoms with van der Waals surface area (Å²) in [7, 11) is 0. The Bertz CT molecular complexity index is 1400. The van der Waals surface area contributed by atoms with Gasteiger partial charge in [-0.3, -0.25) is 9.48 Å². The van der Waals surface area contributed by atoms with Crippen molar-refractivity contribution >= 4 is 35.2 Å². The van der Waals surface area contributed by atoms with Gasteiger partial charge in [-0.2, -0.15) is 5.10 Å². The molecule has 1 aliphatic heterocycles. The Balaban J connectivity index is 1.74. The highest BCUT2D eigenvalue weighted by Gasteiger charge is 2.34. The predicted octanol–water partition coefficient (Wildman–Crippen LogP) is 7.50. The number of hydrogen-bond acceptors (Lipinski definition) is 3. The third-order valence-corrected chi connectivity index (χ3v) is 6.71. The monoisotopic (exact) mass is 493 g/mol. The molecule has 7 heteroatoms. The van der Waals surface area contributed by atoms with Crippen LogP contribution in [-0.4, -0.2) is 16.1 Å². The molecule has 1 unspecified atom stereocenters. The van der Waals surface area contributed by atoms with E-state index in [9.17, 15) is 4.79 Å². The lowest BCUT2D eigenvalue weighted by Gasteiger charge is -2.31. The number of halogens is 3. The Hall–Kier alpha value is -3.15. The molecule has 0 aliphatic carbocycles. The van der Waals surface area contributed by atoms with Crippen LogP contribution in [0.4, 0.5) is 10.1 Å². The van der Waals surface area contributed by atoms with Gasteiger partial charge in [-0.1, -0.05) is 79.5 Å². The summed E-state index contributed by atoms with van der Waals surface area (Å²) in [4.78, 5) is 12.2. The maximum atomic E-state index is 15.2. The van der Waals surface area contributed by atoms with E-state index in [2.05, 4.69) is 24.3 Å². The van der Waals surface area contributed by atoms with Crippen LogP contribution in [0.3, 0.4) is 0 Å². The van der Waals surface area contributed by atoms with Crippen LogP contribution >= 0.6 is 23.2 Å². The summed E-state index contributed by atoms with van der Waals surface area (Å²) in [6.07, 6.45) is 0.768. The van der Waals surface area contributed by atoms with Gasteiger partial charge in [0, 0.05) is 21.8 Å².